The van der Waals surface area contributed by atoms with Crippen LogP contribution in [0.1, 0.15) is 23.0 Å². The van der Waals surface area contributed by atoms with E-state index in [4.69, 9.17) is 4.42 Å². The molecule has 2 aromatic heterocycles. The van der Waals surface area contributed by atoms with Crippen molar-refractivity contribution in [3.63, 3.8) is 0 Å². The van der Waals surface area contributed by atoms with Crippen molar-refractivity contribution in [1.82, 2.24) is 10.3 Å². The van der Waals surface area contributed by atoms with Crippen LogP contribution in [0.4, 0.5) is 0 Å². The van der Waals surface area contributed by atoms with Crippen LogP contribution in [-0.4, -0.2) is 22.5 Å². The van der Waals surface area contributed by atoms with Gasteiger partial charge in [0, 0.05) is 17.1 Å². The zero-order valence-electron chi connectivity index (χ0n) is 12.1. The van der Waals surface area contributed by atoms with E-state index in [-0.39, 0.29) is 12.5 Å². The van der Waals surface area contributed by atoms with Crippen molar-refractivity contribution in [1.29, 1.82) is 0 Å². The Bertz CT molecular complexity index is 789. The van der Waals surface area contributed by atoms with Gasteiger partial charge in [0.1, 0.15) is 11.4 Å². The molecule has 0 saturated carbocycles. The molecule has 2 heterocycles. The summed E-state index contributed by atoms with van der Waals surface area (Å²) in [5, 5.41) is 13.9. The highest BCUT2D eigenvalue weighted by Gasteiger charge is 2.27. The number of aromatic nitrogens is 1. The first-order valence-corrected chi connectivity index (χ1v) is 6.96. The predicted octanol–water partition coefficient (Wildman–Crippen LogP) is 2.47. The molecule has 5 heteroatoms. The van der Waals surface area contributed by atoms with Gasteiger partial charge in [0.15, 0.2) is 0 Å². The van der Waals surface area contributed by atoms with E-state index in [0.29, 0.717) is 11.3 Å². The molecule has 0 bridgehead atoms. The Morgan fingerprint density at radius 1 is 1.27 bits per heavy atom. The van der Waals surface area contributed by atoms with E-state index < -0.39 is 5.60 Å². The largest absolute Gasteiger partial charge is 0.466 e. The van der Waals surface area contributed by atoms with Crippen LogP contribution in [0.3, 0.4) is 0 Å². The molecule has 0 spiro atoms. The van der Waals surface area contributed by atoms with Gasteiger partial charge in [-0.3, -0.25) is 9.78 Å². The van der Waals surface area contributed by atoms with Gasteiger partial charge in [0.25, 0.3) is 5.91 Å². The maximum Gasteiger partial charge on any atom is 0.252 e. The van der Waals surface area contributed by atoms with Crippen molar-refractivity contribution in [3.05, 3.63) is 66.2 Å². The summed E-state index contributed by atoms with van der Waals surface area (Å²) in [7, 11) is 0. The molecule has 2 N–H and O–H groups in total. The fourth-order valence-corrected chi connectivity index (χ4v) is 2.32. The summed E-state index contributed by atoms with van der Waals surface area (Å²) in [5.41, 5.74) is 0.0240. The van der Waals surface area contributed by atoms with Crippen LogP contribution in [-0.2, 0) is 5.60 Å². The van der Waals surface area contributed by atoms with Gasteiger partial charge in [-0.2, -0.15) is 0 Å². The Morgan fingerprint density at radius 2 is 2.14 bits per heavy atom. The van der Waals surface area contributed by atoms with Crippen LogP contribution in [0.2, 0.25) is 0 Å². The van der Waals surface area contributed by atoms with E-state index in [0.717, 1.165) is 10.9 Å². The Labute approximate surface area is 127 Å². The zero-order valence-corrected chi connectivity index (χ0v) is 12.1. The van der Waals surface area contributed by atoms with Gasteiger partial charge in [-0.05, 0) is 37.3 Å². The van der Waals surface area contributed by atoms with E-state index in [1.807, 2.05) is 12.1 Å². The summed E-state index contributed by atoms with van der Waals surface area (Å²) in [6, 6.07) is 12.4. The second-order valence-electron chi connectivity index (χ2n) is 5.31. The number of hydrogen-bond acceptors (Lipinski definition) is 4. The smallest absolute Gasteiger partial charge is 0.252 e. The molecule has 1 unspecified atom stereocenters. The molecule has 22 heavy (non-hydrogen) atoms. The molecule has 0 radical (unpaired) electrons. The highest BCUT2D eigenvalue weighted by molar-refractivity contribution is 6.06. The molecule has 112 valence electrons. The van der Waals surface area contributed by atoms with Crippen LogP contribution < -0.4 is 5.32 Å². The Hall–Kier alpha value is -2.66. The molecular formula is C17H16N2O3. The van der Waals surface area contributed by atoms with E-state index in [1.165, 1.54) is 6.26 Å². The average molecular weight is 296 g/mol. The summed E-state index contributed by atoms with van der Waals surface area (Å²) >= 11 is 0. The molecule has 1 amide bonds. The number of nitrogens with one attached hydrogen (secondary N) is 1. The molecule has 0 aliphatic heterocycles. The van der Waals surface area contributed by atoms with Gasteiger partial charge in [-0.1, -0.05) is 12.1 Å². The minimum Gasteiger partial charge on any atom is -0.466 e. The van der Waals surface area contributed by atoms with Crippen LogP contribution in [0, 0.1) is 0 Å². The van der Waals surface area contributed by atoms with Crippen molar-refractivity contribution >= 4 is 16.8 Å². The number of nitrogens with zero attached hydrogens (tertiary/aromatic N) is 1. The van der Waals surface area contributed by atoms with Crippen LogP contribution >= 0.6 is 0 Å². The number of amides is 1. The molecule has 1 aromatic carbocycles. The van der Waals surface area contributed by atoms with Gasteiger partial charge in [-0.15, -0.1) is 0 Å². The lowest BCUT2D eigenvalue weighted by atomic mass is 10.0. The van der Waals surface area contributed by atoms with Crippen LogP contribution in [0.15, 0.2) is 59.3 Å². The van der Waals surface area contributed by atoms with E-state index in [2.05, 4.69) is 10.3 Å². The number of aliphatic hydroxyl groups is 1. The lowest BCUT2D eigenvalue weighted by molar-refractivity contribution is 0.0330. The third-order valence-electron chi connectivity index (χ3n) is 3.54. The molecular weight excluding hydrogens is 280 g/mol. The third-order valence-corrected chi connectivity index (χ3v) is 3.54. The number of rotatable bonds is 4. The first-order chi connectivity index (χ1) is 10.6. The average Bonchev–Trinajstić information content (AvgIpc) is 3.07. The van der Waals surface area contributed by atoms with Gasteiger partial charge in [0.2, 0.25) is 0 Å². The zero-order chi connectivity index (χ0) is 15.6. The summed E-state index contributed by atoms with van der Waals surface area (Å²) in [4.78, 5) is 16.6. The number of hydrogen-bond donors (Lipinski definition) is 2. The number of carbonyl (C=O) groups excluding carboxylic acids is 1. The second kappa shape index (κ2) is 5.61. The minimum atomic E-state index is -1.26. The fourth-order valence-electron chi connectivity index (χ4n) is 2.32. The monoisotopic (exact) mass is 296 g/mol. The normalized spacial score (nSPS) is 13.7. The Morgan fingerprint density at radius 3 is 2.91 bits per heavy atom. The summed E-state index contributed by atoms with van der Waals surface area (Å²) in [5.74, 6) is 0.151. The van der Waals surface area contributed by atoms with Gasteiger partial charge in [0.05, 0.1) is 18.3 Å². The molecule has 0 saturated heterocycles. The summed E-state index contributed by atoms with van der Waals surface area (Å²) in [6.07, 6.45) is 3.17. The Kier molecular flexibility index (Phi) is 3.65. The van der Waals surface area contributed by atoms with Crippen molar-refractivity contribution in [2.75, 3.05) is 6.54 Å². The molecule has 3 rings (SSSR count). The number of furan rings is 1. The van der Waals surface area contributed by atoms with E-state index in [9.17, 15) is 9.90 Å². The summed E-state index contributed by atoms with van der Waals surface area (Å²) < 4.78 is 5.20. The highest BCUT2D eigenvalue weighted by atomic mass is 16.4. The van der Waals surface area contributed by atoms with Crippen molar-refractivity contribution < 1.29 is 14.3 Å². The highest BCUT2D eigenvalue weighted by Crippen LogP contribution is 2.21. The van der Waals surface area contributed by atoms with Crippen LogP contribution in [0.25, 0.3) is 10.9 Å². The molecule has 0 aliphatic carbocycles. The number of carbonyl (C=O) groups is 1. The van der Waals surface area contributed by atoms with E-state index in [1.54, 1.807) is 43.5 Å². The quantitative estimate of drug-likeness (QED) is 0.775. The van der Waals surface area contributed by atoms with Crippen molar-refractivity contribution in [2.45, 2.75) is 12.5 Å². The lowest BCUT2D eigenvalue weighted by Gasteiger charge is -2.21. The third kappa shape index (κ3) is 2.71. The van der Waals surface area contributed by atoms with Gasteiger partial charge in [-0.25, -0.2) is 0 Å². The van der Waals surface area contributed by atoms with Crippen molar-refractivity contribution in [2.24, 2.45) is 0 Å². The fraction of sp³-hybridized carbons (Fsp3) is 0.176. The number of pyridine rings is 1. The molecule has 5 nitrogen and oxygen atoms in total. The number of benzene rings is 1. The first kappa shape index (κ1) is 14.3. The standard InChI is InChI=1S/C17H16N2O3/c1-17(21,15-8-4-10-22-15)11-19-16(20)13-5-2-7-14-12(13)6-3-9-18-14/h2-10,21H,11H2,1H3,(H,19,20). The molecule has 0 fully saturated rings. The number of fused-ring (bicyclic) bond motifs is 1. The Balaban J connectivity index is 1.80. The van der Waals surface area contributed by atoms with Gasteiger partial charge < -0.3 is 14.8 Å². The molecule has 0 aliphatic rings. The maximum atomic E-state index is 12.4. The van der Waals surface area contributed by atoms with E-state index >= 15 is 0 Å². The summed E-state index contributed by atoms with van der Waals surface area (Å²) in [6.45, 7) is 1.65. The lowest BCUT2D eigenvalue weighted by Crippen LogP contribution is -2.38. The molecule has 1 atom stereocenters. The van der Waals surface area contributed by atoms with Crippen LogP contribution in [0.5, 0.6) is 0 Å². The minimum absolute atomic E-state index is 0.0516. The second-order valence-corrected chi connectivity index (χ2v) is 5.31. The maximum absolute atomic E-state index is 12.4. The van der Waals surface area contributed by atoms with Crippen molar-refractivity contribution in [3.8, 4) is 0 Å². The van der Waals surface area contributed by atoms with Gasteiger partial charge >= 0.3 is 0 Å². The first-order valence-electron chi connectivity index (χ1n) is 6.96. The topological polar surface area (TPSA) is 75.4 Å². The SMILES string of the molecule is CC(O)(CNC(=O)c1cccc2ncccc12)c1ccco1. The predicted molar refractivity (Wildman–Crippen MR) is 82.4 cm³/mol. The molecule has 3 aromatic rings.